The Hall–Kier alpha value is -4.42. The normalized spacial score (nSPS) is 19.5. The van der Waals surface area contributed by atoms with Crippen molar-refractivity contribution in [3.63, 3.8) is 0 Å². The van der Waals surface area contributed by atoms with Crippen molar-refractivity contribution in [2.75, 3.05) is 0 Å². The summed E-state index contributed by atoms with van der Waals surface area (Å²) in [5.41, 5.74) is 11.2. The van der Waals surface area contributed by atoms with E-state index in [-0.39, 0.29) is 5.92 Å². The molecule has 5 aromatic rings. The van der Waals surface area contributed by atoms with Gasteiger partial charge in [-0.05, 0) is 85.0 Å². The second-order valence-electron chi connectivity index (χ2n) is 10.8. The fraction of sp³-hybridized carbons (Fsp3) is 0.105. The van der Waals surface area contributed by atoms with Gasteiger partial charge in [0.25, 0.3) is 0 Å². The monoisotopic (exact) mass is 484 g/mol. The van der Waals surface area contributed by atoms with Gasteiger partial charge in [0.05, 0.1) is 0 Å². The van der Waals surface area contributed by atoms with Gasteiger partial charge in [-0.3, -0.25) is 0 Å². The summed E-state index contributed by atoms with van der Waals surface area (Å²) in [5.74, 6) is 0.583. The molecule has 0 nitrogen and oxygen atoms in total. The van der Waals surface area contributed by atoms with Crippen molar-refractivity contribution >= 4 is 33.2 Å². The van der Waals surface area contributed by atoms with Crippen LogP contribution in [0.1, 0.15) is 45.7 Å². The molecule has 180 valence electrons. The molecule has 0 saturated carbocycles. The molecule has 3 aliphatic carbocycles. The molecular weight excluding hydrogens is 456 g/mol. The Kier molecular flexibility index (Phi) is 4.88. The summed E-state index contributed by atoms with van der Waals surface area (Å²) in [7, 11) is 0. The summed E-state index contributed by atoms with van der Waals surface area (Å²) in [6.45, 7) is 0. The topological polar surface area (TPSA) is 0 Å². The third kappa shape index (κ3) is 3.30. The maximum Gasteiger partial charge on any atom is 0.0199 e. The minimum atomic E-state index is 0.283. The lowest BCUT2D eigenvalue weighted by Gasteiger charge is -2.37. The van der Waals surface area contributed by atoms with Crippen LogP contribution in [-0.4, -0.2) is 0 Å². The zero-order chi connectivity index (χ0) is 25.1. The summed E-state index contributed by atoms with van der Waals surface area (Å²) in [6.07, 6.45) is 16.1. The third-order valence-electron chi connectivity index (χ3n) is 8.73. The van der Waals surface area contributed by atoms with Crippen molar-refractivity contribution in [1.29, 1.82) is 0 Å². The van der Waals surface area contributed by atoms with E-state index in [2.05, 4.69) is 134 Å². The molecule has 5 aromatic carbocycles. The summed E-state index contributed by atoms with van der Waals surface area (Å²) in [5, 5.41) is 5.34. The highest BCUT2D eigenvalue weighted by Gasteiger charge is 2.35. The van der Waals surface area contributed by atoms with Gasteiger partial charge in [-0.15, -0.1) is 0 Å². The van der Waals surface area contributed by atoms with E-state index in [1.807, 2.05) is 0 Å². The first-order valence-corrected chi connectivity index (χ1v) is 13.7. The molecule has 0 fully saturated rings. The molecule has 0 spiro atoms. The second-order valence-corrected chi connectivity index (χ2v) is 10.8. The van der Waals surface area contributed by atoms with E-state index in [4.69, 9.17) is 0 Å². The van der Waals surface area contributed by atoms with Gasteiger partial charge in [-0.25, -0.2) is 0 Å². The van der Waals surface area contributed by atoms with Gasteiger partial charge in [0, 0.05) is 11.8 Å². The molecule has 0 aliphatic heterocycles. The fourth-order valence-corrected chi connectivity index (χ4v) is 6.98. The van der Waals surface area contributed by atoms with Crippen LogP contribution in [0, 0.1) is 5.92 Å². The molecule has 0 heteroatoms. The molecule has 0 N–H and O–H groups in total. The highest BCUT2D eigenvalue weighted by molar-refractivity contribution is 5.94. The van der Waals surface area contributed by atoms with Gasteiger partial charge < -0.3 is 0 Å². The Morgan fingerprint density at radius 3 is 2.47 bits per heavy atom. The predicted octanol–water partition coefficient (Wildman–Crippen LogP) is 9.64. The van der Waals surface area contributed by atoms with Crippen molar-refractivity contribution in [3.05, 3.63) is 166 Å². The van der Waals surface area contributed by atoms with Crippen LogP contribution in [0.2, 0.25) is 0 Å². The smallest absolute Gasteiger partial charge is 0.0199 e. The van der Waals surface area contributed by atoms with E-state index >= 15 is 0 Å². The standard InChI is InChI=1S/C38H28/c1-2-11-28-23-29(21-17-25(28)9-1)37-32-13-5-7-15-34(32)38(35-16-8-6-14-33(35)37)30-22-20-27-19-18-26-10-3-4-12-31(26)36(27)24-30/h1-3,5-11,13-24,34,38H,4,12H2. The summed E-state index contributed by atoms with van der Waals surface area (Å²) in [6, 6.07) is 36.5. The van der Waals surface area contributed by atoms with Crippen LogP contribution in [0.4, 0.5) is 0 Å². The minimum Gasteiger partial charge on any atom is -0.0836 e. The van der Waals surface area contributed by atoms with Crippen molar-refractivity contribution in [3.8, 4) is 0 Å². The van der Waals surface area contributed by atoms with Gasteiger partial charge in [0.1, 0.15) is 0 Å². The highest BCUT2D eigenvalue weighted by Crippen LogP contribution is 2.50. The van der Waals surface area contributed by atoms with E-state index in [9.17, 15) is 0 Å². The van der Waals surface area contributed by atoms with Crippen LogP contribution in [0.25, 0.3) is 33.2 Å². The molecule has 0 bridgehead atoms. The van der Waals surface area contributed by atoms with E-state index in [1.165, 1.54) is 66.1 Å². The molecular formula is C38H28. The second kappa shape index (κ2) is 8.57. The third-order valence-corrected chi connectivity index (χ3v) is 8.73. The lowest BCUT2D eigenvalue weighted by atomic mass is 9.66. The summed E-state index contributed by atoms with van der Waals surface area (Å²) in [4.78, 5) is 0. The summed E-state index contributed by atoms with van der Waals surface area (Å²) < 4.78 is 0. The van der Waals surface area contributed by atoms with Gasteiger partial charge in [0.15, 0.2) is 0 Å². The van der Waals surface area contributed by atoms with E-state index in [1.54, 1.807) is 0 Å². The molecule has 2 atom stereocenters. The zero-order valence-electron chi connectivity index (χ0n) is 21.3. The Labute approximate surface area is 224 Å². The first-order chi connectivity index (χ1) is 18.8. The van der Waals surface area contributed by atoms with Gasteiger partial charge in [0.2, 0.25) is 0 Å². The molecule has 0 saturated heterocycles. The van der Waals surface area contributed by atoms with Gasteiger partial charge in [-0.1, -0.05) is 127 Å². The molecule has 8 rings (SSSR count). The van der Waals surface area contributed by atoms with E-state index in [0.29, 0.717) is 5.92 Å². The average Bonchev–Trinajstić information content (AvgIpc) is 2.99. The number of rotatable bonds is 2. The lowest BCUT2D eigenvalue weighted by molar-refractivity contribution is 0.649. The van der Waals surface area contributed by atoms with Crippen LogP contribution in [0.15, 0.2) is 133 Å². The largest absolute Gasteiger partial charge is 0.0836 e. The Morgan fingerprint density at radius 1 is 0.658 bits per heavy atom. The molecule has 0 heterocycles. The Morgan fingerprint density at radius 2 is 1.50 bits per heavy atom. The Balaban J connectivity index is 1.36. The predicted molar refractivity (Wildman–Crippen MR) is 161 cm³/mol. The number of hydrogen-bond donors (Lipinski definition) is 0. The van der Waals surface area contributed by atoms with Crippen LogP contribution >= 0.6 is 0 Å². The van der Waals surface area contributed by atoms with E-state index < -0.39 is 0 Å². The molecule has 0 aromatic heterocycles. The van der Waals surface area contributed by atoms with Crippen LogP contribution in [0.5, 0.6) is 0 Å². The fourth-order valence-electron chi connectivity index (χ4n) is 6.98. The number of hydrogen-bond acceptors (Lipinski definition) is 0. The average molecular weight is 485 g/mol. The Bertz CT molecular complexity index is 1870. The SMILES string of the molecule is C1=CC2=C(c3ccc4ccccc4c3)c3ccccc3C(c3ccc4ccc5c(c4c3)CCC=C5)C2C=C1. The maximum atomic E-state index is 2.50. The molecule has 2 unspecified atom stereocenters. The molecule has 3 aliphatic rings. The van der Waals surface area contributed by atoms with Crippen molar-refractivity contribution < 1.29 is 0 Å². The number of fused-ring (bicyclic) bond motifs is 6. The van der Waals surface area contributed by atoms with Crippen molar-refractivity contribution in [1.82, 2.24) is 0 Å². The zero-order valence-corrected chi connectivity index (χ0v) is 21.3. The minimum absolute atomic E-state index is 0.283. The van der Waals surface area contributed by atoms with Crippen LogP contribution in [-0.2, 0) is 6.42 Å². The van der Waals surface area contributed by atoms with Crippen molar-refractivity contribution in [2.45, 2.75) is 18.8 Å². The van der Waals surface area contributed by atoms with Crippen molar-refractivity contribution in [2.24, 2.45) is 5.92 Å². The molecule has 0 amide bonds. The lowest BCUT2D eigenvalue weighted by Crippen LogP contribution is -2.22. The summed E-state index contributed by atoms with van der Waals surface area (Å²) >= 11 is 0. The molecule has 0 radical (unpaired) electrons. The van der Waals surface area contributed by atoms with Gasteiger partial charge in [-0.2, -0.15) is 0 Å². The first kappa shape index (κ1) is 21.6. The number of aryl methyl sites for hydroxylation is 1. The highest BCUT2D eigenvalue weighted by atomic mass is 14.4. The number of benzene rings is 5. The number of allylic oxidation sites excluding steroid dienone is 6. The van der Waals surface area contributed by atoms with E-state index in [0.717, 1.165) is 12.8 Å². The quantitative estimate of drug-likeness (QED) is 0.234. The molecule has 38 heavy (non-hydrogen) atoms. The van der Waals surface area contributed by atoms with Crippen LogP contribution in [0.3, 0.4) is 0 Å². The maximum absolute atomic E-state index is 2.50. The van der Waals surface area contributed by atoms with Gasteiger partial charge >= 0.3 is 0 Å². The van der Waals surface area contributed by atoms with Crippen LogP contribution < -0.4 is 0 Å². The first-order valence-electron chi connectivity index (χ1n) is 13.7.